The van der Waals surface area contributed by atoms with Crippen LogP contribution in [0.1, 0.15) is 10.4 Å². The van der Waals surface area contributed by atoms with Gasteiger partial charge in [-0.2, -0.15) is 0 Å². The van der Waals surface area contributed by atoms with Gasteiger partial charge in [0, 0.05) is 17.1 Å². The van der Waals surface area contributed by atoms with Crippen LogP contribution in [0, 0.1) is 0 Å². The molecule has 1 aromatic heterocycles. The molecule has 0 saturated heterocycles. The summed E-state index contributed by atoms with van der Waals surface area (Å²) < 4.78 is 0. The first-order valence-corrected chi connectivity index (χ1v) is 3.72. The third kappa shape index (κ3) is 1.12. The quantitative estimate of drug-likeness (QED) is 0.619. The number of aromatic hydroxyl groups is 1. The highest BCUT2D eigenvalue weighted by Crippen LogP contribution is 2.24. The van der Waals surface area contributed by atoms with E-state index in [1.165, 1.54) is 18.3 Å². The number of hydrogen-bond acceptors (Lipinski definition) is 2. The molecule has 3 N–H and O–H groups in total. The van der Waals surface area contributed by atoms with Gasteiger partial charge < -0.3 is 15.2 Å². The molecule has 13 heavy (non-hydrogen) atoms. The summed E-state index contributed by atoms with van der Waals surface area (Å²) in [5.74, 6) is -0.930. The van der Waals surface area contributed by atoms with Crippen LogP contribution in [0.4, 0.5) is 0 Å². The second kappa shape index (κ2) is 2.52. The maximum absolute atomic E-state index is 10.6. The van der Waals surface area contributed by atoms with Gasteiger partial charge in [-0.05, 0) is 18.2 Å². The molecule has 4 heteroatoms. The lowest BCUT2D eigenvalue weighted by Gasteiger charge is -1.94. The van der Waals surface area contributed by atoms with E-state index in [0.717, 1.165) is 5.52 Å². The molecule has 4 nitrogen and oxygen atoms in total. The third-order valence-corrected chi connectivity index (χ3v) is 1.91. The van der Waals surface area contributed by atoms with Gasteiger partial charge in [0.15, 0.2) is 0 Å². The summed E-state index contributed by atoms with van der Waals surface area (Å²) >= 11 is 0. The molecular weight excluding hydrogens is 170 g/mol. The van der Waals surface area contributed by atoms with Crippen molar-refractivity contribution >= 4 is 16.9 Å². The zero-order valence-corrected chi connectivity index (χ0v) is 6.61. The lowest BCUT2D eigenvalue weighted by Crippen LogP contribution is -1.94. The van der Waals surface area contributed by atoms with Gasteiger partial charge >= 0.3 is 5.97 Å². The van der Waals surface area contributed by atoms with Crippen LogP contribution >= 0.6 is 0 Å². The first-order chi connectivity index (χ1) is 6.18. The molecule has 0 atom stereocenters. The number of benzene rings is 1. The SMILES string of the molecule is O=C(O)c1ccc2[nH]cc(O)c2c1. The molecule has 0 aliphatic rings. The highest BCUT2D eigenvalue weighted by molar-refractivity contribution is 5.95. The normalized spacial score (nSPS) is 10.5. The Balaban J connectivity index is 2.72. The molecule has 2 rings (SSSR count). The van der Waals surface area contributed by atoms with E-state index in [0.29, 0.717) is 5.39 Å². The molecule has 66 valence electrons. The van der Waals surface area contributed by atoms with E-state index in [-0.39, 0.29) is 11.3 Å². The summed E-state index contributed by atoms with van der Waals surface area (Å²) in [5.41, 5.74) is 0.893. The molecular formula is C9H7NO3. The Hall–Kier alpha value is -1.97. The molecule has 0 aliphatic carbocycles. The summed E-state index contributed by atoms with van der Waals surface area (Å²) in [6.45, 7) is 0. The smallest absolute Gasteiger partial charge is 0.335 e. The van der Waals surface area contributed by atoms with Crippen molar-refractivity contribution in [3.8, 4) is 5.75 Å². The Labute approximate surface area is 73.4 Å². The molecule has 1 heterocycles. The van der Waals surface area contributed by atoms with Crippen molar-refractivity contribution in [1.29, 1.82) is 0 Å². The van der Waals surface area contributed by atoms with Crippen molar-refractivity contribution in [2.45, 2.75) is 0 Å². The predicted molar refractivity (Wildman–Crippen MR) is 46.9 cm³/mol. The summed E-state index contributed by atoms with van der Waals surface area (Å²) in [7, 11) is 0. The van der Waals surface area contributed by atoms with Crippen molar-refractivity contribution in [2.24, 2.45) is 0 Å². The number of aromatic amines is 1. The number of fused-ring (bicyclic) bond motifs is 1. The van der Waals surface area contributed by atoms with Gasteiger partial charge in [-0.15, -0.1) is 0 Å². The van der Waals surface area contributed by atoms with Crippen LogP contribution in [0.2, 0.25) is 0 Å². The van der Waals surface area contributed by atoms with Crippen LogP contribution in [-0.4, -0.2) is 21.2 Å². The summed E-state index contributed by atoms with van der Waals surface area (Å²) in [5, 5.41) is 18.5. The summed E-state index contributed by atoms with van der Waals surface area (Å²) in [6.07, 6.45) is 1.43. The molecule has 0 amide bonds. The van der Waals surface area contributed by atoms with Crippen molar-refractivity contribution in [3.05, 3.63) is 30.0 Å². The largest absolute Gasteiger partial charge is 0.506 e. The molecule has 2 aromatic rings. The molecule has 0 bridgehead atoms. The van der Waals surface area contributed by atoms with Crippen LogP contribution in [0.15, 0.2) is 24.4 Å². The highest BCUT2D eigenvalue weighted by atomic mass is 16.4. The van der Waals surface area contributed by atoms with Gasteiger partial charge in [-0.25, -0.2) is 4.79 Å². The van der Waals surface area contributed by atoms with Gasteiger partial charge in [-0.1, -0.05) is 0 Å². The second-order valence-electron chi connectivity index (χ2n) is 2.74. The maximum Gasteiger partial charge on any atom is 0.335 e. The van der Waals surface area contributed by atoms with Gasteiger partial charge in [0.05, 0.1) is 5.56 Å². The van der Waals surface area contributed by atoms with Gasteiger partial charge in [0.25, 0.3) is 0 Å². The lowest BCUT2D eigenvalue weighted by molar-refractivity contribution is 0.0697. The van der Waals surface area contributed by atoms with Crippen LogP contribution < -0.4 is 0 Å². The molecule has 0 unspecified atom stereocenters. The molecule has 0 radical (unpaired) electrons. The van der Waals surface area contributed by atoms with E-state index in [9.17, 15) is 9.90 Å². The Morgan fingerprint density at radius 1 is 1.38 bits per heavy atom. The van der Waals surface area contributed by atoms with Crippen LogP contribution in [0.5, 0.6) is 5.75 Å². The average molecular weight is 177 g/mol. The molecule has 0 saturated carbocycles. The highest BCUT2D eigenvalue weighted by Gasteiger charge is 2.06. The first kappa shape index (κ1) is 7.67. The third-order valence-electron chi connectivity index (χ3n) is 1.91. The monoisotopic (exact) mass is 177 g/mol. The minimum absolute atomic E-state index is 0.0677. The first-order valence-electron chi connectivity index (χ1n) is 3.72. The van der Waals surface area contributed by atoms with E-state index in [1.54, 1.807) is 6.07 Å². The zero-order chi connectivity index (χ0) is 9.42. The van der Waals surface area contributed by atoms with E-state index < -0.39 is 5.97 Å². The lowest BCUT2D eigenvalue weighted by atomic mass is 10.1. The number of carboxylic acids is 1. The zero-order valence-electron chi connectivity index (χ0n) is 6.61. The maximum atomic E-state index is 10.6. The fourth-order valence-electron chi connectivity index (χ4n) is 1.24. The predicted octanol–water partition coefficient (Wildman–Crippen LogP) is 1.57. The number of nitrogens with one attached hydrogen (secondary N) is 1. The second-order valence-corrected chi connectivity index (χ2v) is 2.74. The summed E-state index contributed by atoms with van der Waals surface area (Å²) in [6, 6.07) is 4.54. The summed E-state index contributed by atoms with van der Waals surface area (Å²) in [4.78, 5) is 13.4. The van der Waals surface area contributed by atoms with E-state index in [1.807, 2.05) is 0 Å². The number of rotatable bonds is 1. The van der Waals surface area contributed by atoms with Gasteiger partial charge in [-0.3, -0.25) is 0 Å². The molecule has 1 aromatic carbocycles. The van der Waals surface area contributed by atoms with E-state index in [2.05, 4.69) is 4.98 Å². The Morgan fingerprint density at radius 2 is 2.15 bits per heavy atom. The average Bonchev–Trinajstić information content (AvgIpc) is 2.47. The van der Waals surface area contributed by atoms with E-state index >= 15 is 0 Å². The number of carbonyl (C=O) groups is 1. The minimum Gasteiger partial charge on any atom is -0.506 e. The van der Waals surface area contributed by atoms with Crippen molar-refractivity contribution < 1.29 is 15.0 Å². The number of carboxylic acid groups (broad SMARTS) is 1. The van der Waals surface area contributed by atoms with E-state index in [4.69, 9.17) is 5.11 Å². The van der Waals surface area contributed by atoms with Crippen LogP contribution in [-0.2, 0) is 0 Å². The topological polar surface area (TPSA) is 73.3 Å². The number of aromatic nitrogens is 1. The Morgan fingerprint density at radius 3 is 2.85 bits per heavy atom. The Bertz CT molecular complexity index is 473. The number of H-pyrrole nitrogens is 1. The van der Waals surface area contributed by atoms with Crippen molar-refractivity contribution in [3.63, 3.8) is 0 Å². The van der Waals surface area contributed by atoms with Crippen LogP contribution in [0.3, 0.4) is 0 Å². The van der Waals surface area contributed by atoms with Crippen LogP contribution in [0.25, 0.3) is 10.9 Å². The fraction of sp³-hybridized carbons (Fsp3) is 0. The molecule has 0 aliphatic heterocycles. The number of hydrogen-bond donors (Lipinski definition) is 3. The Kier molecular flexibility index (Phi) is 1.48. The molecule has 0 fully saturated rings. The van der Waals surface area contributed by atoms with Gasteiger partial charge in [0.2, 0.25) is 0 Å². The van der Waals surface area contributed by atoms with Gasteiger partial charge in [0.1, 0.15) is 5.75 Å². The fourth-order valence-corrected chi connectivity index (χ4v) is 1.24. The number of aromatic carboxylic acids is 1. The van der Waals surface area contributed by atoms with Crippen molar-refractivity contribution in [1.82, 2.24) is 4.98 Å². The standard InChI is InChI=1S/C9H7NO3/c11-8-4-10-7-2-1-5(9(12)13)3-6(7)8/h1-4,10-11H,(H,12,13). The molecule has 0 spiro atoms. The minimum atomic E-state index is -0.998. The van der Waals surface area contributed by atoms with Crippen molar-refractivity contribution in [2.75, 3.05) is 0 Å².